The van der Waals surface area contributed by atoms with Crippen molar-refractivity contribution in [1.82, 2.24) is 14.7 Å². The van der Waals surface area contributed by atoms with Crippen molar-refractivity contribution < 1.29 is 9.53 Å². The van der Waals surface area contributed by atoms with Crippen LogP contribution in [0.5, 0.6) is 0 Å². The lowest BCUT2D eigenvalue weighted by atomic mass is 10.0. The minimum absolute atomic E-state index is 0.176. The molecule has 0 spiro atoms. The Balaban J connectivity index is 1.43. The second-order valence-corrected chi connectivity index (χ2v) is 9.18. The molecule has 2 fully saturated rings. The van der Waals surface area contributed by atoms with Crippen LogP contribution < -0.4 is 11.1 Å². The van der Waals surface area contributed by atoms with Gasteiger partial charge in [-0.1, -0.05) is 6.07 Å². The Labute approximate surface area is 175 Å². The summed E-state index contributed by atoms with van der Waals surface area (Å²) >= 11 is 0. The molecule has 0 unspecified atom stereocenters. The molecule has 0 aromatic heterocycles. The standard InChI is InChI=1S/C22H37N5O2/c1-22(2,3)29-21(28)27-9-7-18(8-10-27)26-13-11-25(12-14-26)16-17-5-6-19(23)20(15-17)24-4/h5-6,15,18,24H,7-14,16,23H2,1-4H3. The highest BCUT2D eigenvalue weighted by atomic mass is 16.6. The summed E-state index contributed by atoms with van der Waals surface area (Å²) in [5.41, 5.74) is 8.63. The first-order valence-corrected chi connectivity index (χ1v) is 10.8. The van der Waals surface area contributed by atoms with Gasteiger partial charge < -0.3 is 20.7 Å². The summed E-state index contributed by atoms with van der Waals surface area (Å²) in [7, 11) is 1.91. The van der Waals surface area contributed by atoms with Gasteiger partial charge >= 0.3 is 6.09 Å². The molecule has 0 aliphatic carbocycles. The summed E-state index contributed by atoms with van der Waals surface area (Å²) in [5.74, 6) is 0. The molecule has 3 N–H and O–H groups in total. The number of benzene rings is 1. The number of hydrogen-bond donors (Lipinski definition) is 2. The zero-order chi connectivity index (χ0) is 21.0. The number of nitrogens with one attached hydrogen (secondary N) is 1. The van der Waals surface area contributed by atoms with Crippen LogP contribution in [0.4, 0.5) is 16.2 Å². The van der Waals surface area contributed by atoms with E-state index < -0.39 is 5.60 Å². The molecule has 162 valence electrons. The second-order valence-electron chi connectivity index (χ2n) is 9.18. The van der Waals surface area contributed by atoms with Gasteiger partial charge in [-0.25, -0.2) is 4.79 Å². The van der Waals surface area contributed by atoms with Crippen molar-refractivity contribution in [3.8, 4) is 0 Å². The Morgan fingerprint density at radius 1 is 1.14 bits per heavy atom. The van der Waals surface area contributed by atoms with Crippen LogP contribution in [0.15, 0.2) is 18.2 Å². The SMILES string of the molecule is CNc1cc(CN2CCN(C3CCN(C(=O)OC(C)(C)C)CC3)CC2)ccc1N. The number of carbonyl (C=O) groups is 1. The average Bonchev–Trinajstić information content (AvgIpc) is 2.69. The molecule has 0 saturated carbocycles. The van der Waals surface area contributed by atoms with E-state index in [1.165, 1.54) is 5.56 Å². The molecule has 2 heterocycles. The maximum absolute atomic E-state index is 12.3. The van der Waals surface area contributed by atoms with Crippen LogP contribution in [0.1, 0.15) is 39.2 Å². The van der Waals surface area contributed by atoms with Crippen molar-refractivity contribution in [2.45, 2.75) is 51.8 Å². The van der Waals surface area contributed by atoms with E-state index in [9.17, 15) is 4.79 Å². The van der Waals surface area contributed by atoms with Crippen molar-refractivity contribution >= 4 is 17.5 Å². The van der Waals surface area contributed by atoms with Crippen molar-refractivity contribution in [1.29, 1.82) is 0 Å². The summed E-state index contributed by atoms with van der Waals surface area (Å²) in [5, 5.41) is 3.16. The van der Waals surface area contributed by atoms with Gasteiger partial charge in [0.15, 0.2) is 0 Å². The molecule has 1 aromatic carbocycles. The summed E-state index contributed by atoms with van der Waals surface area (Å²) in [4.78, 5) is 19.2. The van der Waals surface area contributed by atoms with Gasteiger partial charge in [0.05, 0.1) is 11.4 Å². The summed E-state index contributed by atoms with van der Waals surface area (Å²) in [6.07, 6.45) is 1.89. The first kappa shape index (κ1) is 21.7. The van der Waals surface area contributed by atoms with Gasteiger partial charge in [-0.2, -0.15) is 0 Å². The van der Waals surface area contributed by atoms with E-state index in [2.05, 4.69) is 27.2 Å². The third-order valence-electron chi connectivity index (χ3n) is 5.83. The molecule has 29 heavy (non-hydrogen) atoms. The second kappa shape index (κ2) is 9.22. The van der Waals surface area contributed by atoms with Crippen molar-refractivity contribution in [3.63, 3.8) is 0 Å². The summed E-state index contributed by atoms with van der Waals surface area (Å²) in [6, 6.07) is 6.82. The van der Waals surface area contributed by atoms with Gasteiger partial charge in [-0.05, 0) is 51.3 Å². The van der Waals surface area contributed by atoms with Crippen molar-refractivity contribution in [2.75, 3.05) is 57.4 Å². The van der Waals surface area contributed by atoms with E-state index in [0.717, 1.165) is 70.0 Å². The number of rotatable bonds is 4. The van der Waals surface area contributed by atoms with E-state index in [1.807, 2.05) is 38.8 Å². The minimum atomic E-state index is -0.428. The molecule has 0 bridgehead atoms. The first-order chi connectivity index (χ1) is 13.7. The average molecular weight is 404 g/mol. The van der Waals surface area contributed by atoms with Gasteiger partial charge in [-0.15, -0.1) is 0 Å². The molecule has 7 heteroatoms. The normalized spacial score (nSPS) is 19.9. The topological polar surface area (TPSA) is 74.1 Å². The van der Waals surface area contributed by atoms with Crippen molar-refractivity contribution in [3.05, 3.63) is 23.8 Å². The Bertz CT molecular complexity index is 687. The Kier molecular flexibility index (Phi) is 6.90. The number of ether oxygens (including phenoxy) is 1. The number of piperazine rings is 1. The molecule has 0 atom stereocenters. The maximum atomic E-state index is 12.3. The fraction of sp³-hybridized carbons (Fsp3) is 0.682. The molecule has 1 aromatic rings. The fourth-order valence-corrected chi connectivity index (χ4v) is 4.20. The minimum Gasteiger partial charge on any atom is -0.444 e. The largest absolute Gasteiger partial charge is 0.444 e. The lowest BCUT2D eigenvalue weighted by molar-refractivity contribution is 0.00969. The number of nitrogens with zero attached hydrogens (tertiary/aromatic N) is 3. The van der Waals surface area contributed by atoms with E-state index in [-0.39, 0.29) is 6.09 Å². The van der Waals surface area contributed by atoms with Gasteiger partial charge in [0.2, 0.25) is 0 Å². The number of amides is 1. The Hall–Kier alpha value is -1.99. The quantitative estimate of drug-likeness (QED) is 0.753. The molecule has 3 rings (SSSR count). The van der Waals surface area contributed by atoms with Crippen LogP contribution in [-0.2, 0) is 11.3 Å². The molecule has 0 radical (unpaired) electrons. The molecule has 2 aliphatic heterocycles. The Morgan fingerprint density at radius 2 is 1.79 bits per heavy atom. The van der Waals surface area contributed by atoms with Gasteiger partial charge in [0.1, 0.15) is 5.60 Å². The van der Waals surface area contributed by atoms with Gasteiger partial charge in [0.25, 0.3) is 0 Å². The van der Waals surface area contributed by atoms with E-state index in [0.29, 0.717) is 6.04 Å². The van der Waals surface area contributed by atoms with Crippen LogP contribution >= 0.6 is 0 Å². The van der Waals surface area contributed by atoms with Crippen LogP contribution in [0.2, 0.25) is 0 Å². The van der Waals surface area contributed by atoms with Gasteiger partial charge in [0, 0.05) is 58.9 Å². The van der Waals surface area contributed by atoms with E-state index in [1.54, 1.807) is 0 Å². The molecule has 1 amide bonds. The molecule has 2 saturated heterocycles. The first-order valence-electron chi connectivity index (χ1n) is 10.8. The predicted octanol–water partition coefficient (Wildman–Crippen LogP) is 2.83. The predicted molar refractivity (Wildman–Crippen MR) is 118 cm³/mol. The highest BCUT2D eigenvalue weighted by molar-refractivity contribution is 5.68. The van der Waals surface area contributed by atoms with E-state index in [4.69, 9.17) is 10.5 Å². The summed E-state index contributed by atoms with van der Waals surface area (Å²) < 4.78 is 5.51. The number of nitrogen functional groups attached to an aromatic ring is 1. The smallest absolute Gasteiger partial charge is 0.410 e. The number of nitrogens with two attached hydrogens (primary N) is 1. The molecule has 7 nitrogen and oxygen atoms in total. The van der Waals surface area contributed by atoms with Crippen LogP contribution in [-0.4, -0.2) is 78.8 Å². The van der Waals surface area contributed by atoms with Gasteiger partial charge in [-0.3, -0.25) is 9.80 Å². The molecular formula is C22H37N5O2. The van der Waals surface area contributed by atoms with Crippen LogP contribution in [0, 0.1) is 0 Å². The maximum Gasteiger partial charge on any atom is 0.410 e. The molecular weight excluding hydrogens is 366 g/mol. The highest BCUT2D eigenvalue weighted by Crippen LogP contribution is 2.23. The number of piperidine rings is 1. The number of anilines is 2. The Morgan fingerprint density at radius 3 is 2.38 bits per heavy atom. The number of likely N-dealkylation sites (tertiary alicyclic amines) is 1. The highest BCUT2D eigenvalue weighted by Gasteiger charge is 2.30. The summed E-state index contributed by atoms with van der Waals surface area (Å²) in [6.45, 7) is 12.6. The van der Waals surface area contributed by atoms with Crippen LogP contribution in [0.3, 0.4) is 0 Å². The lowest BCUT2D eigenvalue weighted by Gasteiger charge is -2.42. The zero-order valence-electron chi connectivity index (χ0n) is 18.4. The third-order valence-corrected chi connectivity index (χ3v) is 5.83. The molecule has 2 aliphatic rings. The monoisotopic (exact) mass is 403 g/mol. The van der Waals surface area contributed by atoms with Crippen LogP contribution in [0.25, 0.3) is 0 Å². The number of hydrogen-bond acceptors (Lipinski definition) is 6. The zero-order valence-corrected chi connectivity index (χ0v) is 18.4. The lowest BCUT2D eigenvalue weighted by Crippen LogP contribution is -2.53. The third kappa shape index (κ3) is 6.00. The number of carbonyl (C=O) groups excluding carboxylic acids is 1. The fourth-order valence-electron chi connectivity index (χ4n) is 4.20. The van der Waals surface area contributed by atoms with Crippen molar-refractivity contribution in [2.24, 2.45) is 0 Å². The van der Waals surface area contributed by atoms with E-state index >= 15 is 0 Å².